The molecule has 0 aromatic heterocycles. The average molecular weight is 343 g/mol. The Morgan fingerprint density at radius 2 is 1.84 bits per heavy atom. The highest BCUT2D eigenvalue weighted by Gasteiger charge is 2.27. The van der Waals surface area contributed by atoms with Gasteiger partial charge in [0.15, 0.2) is 0 Å². The average Bonchev–Trinajstić information content (AvgIpc) is 3.06. The van der Waals surface area contributed by atoms with Crippen LogP contribution in [0.4, 0.5) is 10.5 Å². The molecular weight excluding hydrogens is 314 g/mol. The summed E-state index contributed by atoms with van der Waals surface area (Å²) in [4.78, 5) is 17.0. The van der Waals surface area contributed by atoms with Crippen molar-refractivity contribution in [2.75, 3.05) is 44.3 Å². The molecule has 0 atom stereocenters. The Morgan fingerprint density at radius 3 is 2.64 bits per heavy atom. The van der Waals surface area contributed by atoms with Gasteiger partial charge in [0.05, 0.1) is 0 Å². The van der Waals surface area contributed by atoms with Crippen LogP contribution in [0.25, 0.3) is 0 Å². The summed E-state index contributed by atoms with van der Waals surface area (Å²) in [7, 11) is 0. The van der Waals surface area contributed by atoms with Crippen molar-refractivity contribution in [1.82, 2.24) is 10.2 Å². The van der Waals surface area contributed by atoms with Crippen LogP contribution in [0.3, 0.4) is 0 Å². The van der Waals surface area contributed by atoms with Gasteiger partial charge in [-0.1, -0.05) is 18.2 Å². The summed E-state index contributed by atoms with van der Waals surface area (Å²) in [5.74, 6) is 0.693. The van der Waals surface area contributed by atoms with E-state index in [2.05, 4.69) is 34.5 Å². The zero-order valence-corrected chi connectivity index (χ0v) is 15.0. The molecule has 0 saturated carbocycles. The molecule has 3 heterocycles. The van der Waals surface area contributed by atoms with Gasteiger partial charge < -0.3 is 19.9 Å². The summed E-state index contributed by atoms with van der Waals surface area (Å²) in [5.41, 5.74) is 2.90. The lowest BCUT2D eigenvalue weighted by atomic mass is 9.96. The fourth-order valence-corrected chi connectivity index (χ4v) is 4.33. The minimum Gasteiger partial charge on any atom is -0.381 e. The Kier molecular flexibility index (Phi) is 5.11. The minimum atomic E-state index is 0.122. The molecule has 3 aliphatic heterocycles. The molecule has 2 amide bonds. The predicted molar refractivity (Wildman–Crippen MR) is 99.0 cm³/mol. The molecule has 1 aromatic rings. The Hall–Kier alpha value is -1.75. The van der Waals surface area contributed by atoms with E-state index in [4.69, 9.17) is 4.74 Å². The first-order chi connectivity index (χ1) is 12.3. The number of para-hydroxylation sites is 1. The number of carbonyl (C=O) groups is 1. The molecule has 1 aromatic carbocycles. The molecule has 1 N–H and O–H groups in total. The fraction of sp³-hybridized carbons (Fsp3) is 0.650. The van der Waals surface area contributed by atoms with Crippen molar-refractivity contribution in [3.63, 3.8) is 0 Å². The van der Waals surface area contributed by atoms with Crippen LogP contribution in [-0.2, 0) is 11.2 Å². The summed E-state index contributed by atoms with van der Waals surface area (Å²) >= 11 is 0. The number of nitrogens with zero attached hydrogens (tertiary/aromatic N) is 2. The number of ether oxygens (including phenoxy) is 1. The van der Waals surface area contributed by atoms with Gasteiger partial charge in [0, 0.05) is 51.1 Å². The van der Waals surface area contributed by atoms with Gasteiger partial charge in [-0.25, -0.2) is 4.79 Å². The van der Waals surface area contributed by atoms with Crippen molar-refractivity contribution in [2.24, 2.45) is 5.92 Å². The number of nitrogens with one attached hydrogen (secondary N) is 1. The van der Waals surface area contributed by atoms with Crippen LogP contribution in [-0.4, -0.2) is 56.4 Å². The number of anilines is 1. The van der Waals surface area contributed by atoms with Crippen LogP contribution in [0.5, 0.6) is 0 Å². The Morgan fingerprint density at radius 1 is 1.08 bits per heavy atom. The quantitative estimate of drug-likeness (QED) is 0.918. The molecule has 0 aliphatic carbocycles. The van der Waals surface area contributed by atoms with E-state index in [0.717, 1.165) is 65.1 Å². The van der Waals surface area contributed by atoms with Crippen molar-refractivity contribution >= 4 is 11.7 Å². The van der Waals surface area contributed by atoms with Gasteiger partial charge >= 0.3 is 6.03 Å². The van der Waals surface area contributed by atoms with Crippen LogP contribution in [0.1, 0.15) is 31.2 Å². The maximum atomic E-state index is 12.4. The molecule has 0 unspecified atom stereocenters. The highest BCUT2D eigenvalue weighted by Crippen LogP contribution is 2.30. The van der Waals surface area contributed by atoms with E-state index in [1.54, 1.807) is 0 Å². The Balaban J connectivity index is 1.24. The minimum absolute atomic E-state index is 0.122. The Labute approximate surface area is 150 Å². The van der Waals surface area contributed by atoms with Gasteiger partial charge in [-0.15, -0.1) is 0 Å². The monoisotopic (exact) mass is 343 g/mol. The van der Waals surface area contributed by atoms with E-state index < -0.39 is 0 Å². The lowest BCUT2D eigenvalue weighted by Crippen LogP contribution is -2.49. The third-order valence-electron chi connectivity index (χ3n) is 5.91. The first-order valence-corrected chi connectivity index (χ1v) is 9.75. The standard InChI is InChI=1S/C20H29N3O2/c24-20(21-18-8-13-25-14-9-18)22-10-5-16(6-11-22)15-23-12-7-17-3-1-2-4-19(17)23/h1-4,16,18H,5-15H2,(H,21,24). The number of hydrogen-bond acceptors (Lipinski definition) is 3. The molecule has 0 radical (unpaired) electrons. The SMILES string of the molecule is O=C(NC1CCOCC1)N1CCC(CN2CCc3ccccc32)CC1. The number of amides is 2. The molecule has 0 bridgehead atoms. The second-order valence-electron chi connectivity index (χ2n) is 7.59. The van der Waals surface area contributed by atoms with E-state index in [1.807, 2.05) is 4.90 Å². The predicted octanol–water partition coefficient (Wildman–Crippen LogP) is 2.65. The van der Waals surface area contributed by atoms with Gasteiger partial charge in [-0.05, 0) is 49.7 Å². The van der Waals surface area contributed by atoms with Crippen molar-refractivity contribution < 1.29 is 9.53 Å². The maximum Gasteiger partial charge on any atom is 0.317 e. The first kappa shape index (κ1) is 16.7. The summed E-state index contributed by atoms with van der Waals surface area (Å²) in [6.45, 7) is 5.58. The lowest BCUT2D eigenvalue weighted by Gasteiger charge is -2.35. The van der Waals surface area contributed by atoms with Gasteiger partial charge in [-0.2, -0.15) is 0 Å². The highest BCUT2D eigenvalue weighted by molar-refractivity contribution is 5.74. The van der Waals surface area contributed by atoms with Crippen molar-refractivity contribution in [3.05, 3.63) is 29.8 Å². The van der Waals surface area contributed by atoms with Gasteiger partial charge in [0.2, 0.25) is 0 Å². The molecule has 0 spiro atoms. The summed E-state index contributed by atoms with van der Waals surface area (Å²) in [6.07, 6.45) is 5.27. The lowest BCUT2D eigenvalue weighted by molar-refractivity contribution is 0.0771. The number of rotatable bonds is 3. The van der Waals surface area contributed by atoms with E-state index in [1.165, 1.54) is 17.7 Å². The van der Waals surface area contributed by atoms with Crippen LogP contribution in [0.2, 0.25) is 0 Å². The number of piperidine rings is 1. The maximum absolute atomic E-state index is 12.4. The zero-order chi connectivity index (χ0) is 17.1. The summed E-state index contributed by atoms with van der Waals surface area (Å²) in [6, 6.07) is 9.19. The molecule has 25 heavy (non-hydrogen) atoms. The van der Waals surface area contributed by atoms with Crippen LogP contribution in [0, 0.1) is 5.92 Å². The second-order valence-corrected chi connectivity index (χ2v) is 7.59. The smallest absolute Gasteiger partial charge is 0.317 e. The van der Waals surface area contributed by atoms with E-state index >= 15 is 0 Å². The highest BCUT2D eigenvalue weighted by atomic mass is 16.5. The molecule has 4 rings (SSSR count). The molecule has 2 saturated heterocycles. The molecule has 5 heteroatoms. The number of benzene rings is 1. The number of carbonyl (C=O) groups excluding carboxylic acids is 1. The van der Waals surface area contributed by atoms with Crippen LogP contribution >= 0.6 is 0 Å². The number of urea groups is 1. The van der Waals surface area contributed by atoms with Gasteiger partial charge in [0.25, 0.3) is 0 Å². The molecule has 2 fully saturated rings. The van der Waals surface area contributed by atoms with Crippen molar-refractivity contribution in [1.29, 1.82) is 0 Å². The van der Waals surface area contributed by atoms with Gasteiger partial charge in [-0.3, -0.25) is 0 Å². The third-order valence-corrected chi connectivity index (χ3v) is 5.91. The number of hydrogen-bond donors (Lipinski definition) is 1. The first-order valence-electron chi connectivity index (χ1n) is 9.75. The topological polar surface area (TPSA) is 44.8 Å². The van der Waals surface area contributed by atoms with Gasteiger partial charge in [0.1, 0.15) is 0 Å². The van der Waals surface area contributed by atoms with Crippen molar-refractivity contribution in [3.8, 4) is 0 Å². The molecule has 5 nitrogen and oxygen atoms in total. The van der Waals surface area contributed by atoms with Crippen LogP contribution < -0.4 is 10.2 Å². The van der Waals surface area contributed by atoms with Crippen LogP contribution in [0.15, 0.2) is 24.3 Å². The molecular formula is C20H29N3O2. The van der Waals surface area contributed by atoms with E-state index in [0.29, 0.717) is 12.0 Å². The third kappa shape index (κ3) is 3.92. The molecule has 3 aliphatic rings. The largest absolute Gasteiger partial charge is 0.381 e. The fourth-order valence-electron chi connectivity index (χ4n) is 4.33. The second kappa shape index (κ2) is 7.65. The summed E-state index contributed by atoms with van der Waals surface area (Å²) < 4.78 is 5.36. The summed E-state index contributed by atoms with van der Waals surface area (Å²) in [5, 5.41) is 3.19. The zero-order valence-electron chi connectivity index (χ0n) is 15.0. The number of likely N-dealkylation sites (tertiary alicyclic amines) is 1. The van der Waals surface area contributed by atoms with E-state index in [-0.39, 0.29) is 6.03 Å². The Bertz CT molecular complexity index is 592. The van der Waals surface area contributed by atoms with E-state index in [9.17, 15) is 4.79 Å². The number of fused-ring (bicyclic) bond motifs is 1. The van der Waals surface area contributed by atoms with Crippen molar-refractivity contribution in [2.45, 2.75) is 38.1 Å². The molecule has 136 valence electrons. The normalized spacial score (nSPS) is 22.1.